The summed E-state index contributed by atoms with van der Waals surface area (Å²) < 4.78 is 20.7. The topological polar surface area (TPSA) is 37.9 Å². The highest BCUT2D eigenvalue weighted by molar-refractivity contribution is 6.83. The van der Waals surface area contributed by atoms with Crippen LogP contribution in [0.1, 0.15) is 25.1 Å². The molecule has 1 aromatic heterocycles. The van der Waals surface area contributed by atoms with Gasteiger partial charge in [-0.25, -0.2) is 9.37 Å². The van der Waals surface area contributed by atoms with Crippen LogP contribution in [-0.4, -0.2) is 18.0 Å². The second-order valence-electron chi connectivity index (χ2n) is 8.73. The molecule has 2 aromatic carbocycles. The van der Waals surface area contributed by atoms with Crippen molar-refractivity contribution in [3.8, 4) is 39.9 Å². The maximum absolute atomic E-state index is 14.4. The van der Waals surface area contributed by atoms with Gasteiger partial charge in [-0.3, -0.25) is 0 Å². The van der Waals surface area contributed by atoms with Crippen LogP contribution in [0.3, 0.4) is 0 Å². The Bertz CT molecular complexity index is 1160. The summed E-state index contributed by atoms with van der Waals surface area (Å²) in [5.74, 6) is 3.97. The molecule has 0 fully saturated rings. The molecule has 0 amide bonds. The fraction of sp³-hybridized carbons (Fsp3) is 0.261. The summed E-state index contributed by atoms with van der Waals surface area (Å²) in [4.78, 5) is 7.94. The van der Waals surface area contributed by atoms with E-state index in [9.17, 15) is 4.39 Å². The van der Waals surface area contributed by atoms with E-state index >= 15 is 0 Å². The highest BCUT2D eigenvalue weighted by atomic mass is 35.5. The van der Waals surface area contributed by atoms with Gasteiger partial charge >= 0.3 is 0 Å². The van der Waals surface area contributed by atoms with E-state index in [1.807, 2.05) is 32.0 Å². The number of rotatable bonds is 1. The van der Waals surface area contributed by atoms with Gasteiger partial charge < -0.3 is 9.72 Å². The summed E-state index contributed by atoms with van der Waals surface area (Å²) in [6.07, 6.45) is 0. The number of benzene rings is 2. The van der Waals surface area contributed by atoms with Crippen LogP contribution < -0.4 is 4.74 Å². The third kappa shape index (κ3) is 3.71. The van der Waals surface area contributed by atoms with Gasteiger partial charge in [-0.2, -0.15) is 0 Å². The van der Waals surface area contributed by atoms with Crippen LogP contribution in [0.2, 0.25) is 24.7 Å². The number of H-pyrrole nitrogens is 1. The molecular weight excluding hydrogens is 403 g/mol. The molecule has 29 heavy (non-hydrogen) atoms. The lowest BCUT2D eigenvalue weighted by Gasteiger charge is -2.31. The van der Waals surface area contributed by atoms with E-state index in [4.69, 9.17) is 21.3 Å². The van der Waals surface area contributed by atoms with Gasteiger partial charge in [-0.15, -0.1) is 5.54 Å². The van der Waals surface area contributed by atoms with Crippen molar-refractivity contribution in [2.75, 3.05) is 0 Å². The number of halogens is 2. The van der Waals surface area contributed by atoms with Gasteiger partial charge in [-0.05, 0) is 44.2 Å². The average molecular weight is 425 g/mol. The Morgan fingerprint density at radius 2 is 1.93 bits per heavy atom. The van der Waals surface area contributed by atoms with E-state index in [-0.39, 0.29) is 5.56 Å². The van der Waals surface area contributed by atoms with Crippen molar-refractivity contribution >= 4 is 19.7 Å². The van der Waals surface area contributed by atoms with Gasteiger partial charge in [0, 0.05) is 11.1 Å². The molecular formula is C23H22ClFN2OSi. The number of ether oxygens (including phenoxy) is 1. The highest BCUT2D eigenvalue weighted by Gasteiger charge is 2.36. The second kappa shape index (κ2) is 6.76. The van der Waals surface area contributed by atoms with Gasteiger partial charge in [0.05, 0.1) is 22.0 Å². The maximum Gasteiger partial charge on any atom is 0.145 e. The molecule has 2 heterocycles. The number of nitrogens with zero attached hydrogens (tertiary/aromatic N) is 1. The van der Waals surface area contributed by atoms with Crippen LogP contribution in [0.5, 0.6) is 5.75 Å². The van der Waals surface area contributed by atoms with Crippen molar-refractivity contribution in [3.63, 3.8) is 0 Å². The first-order valence-corrected chi connectivity index (χ1v) is 13.3. The van der Waals surface area contributed by atoms with Crippen LogP contribution in [0.4, 0.5) is 4.39 Å². The summed E-state index contributed by atoms with van der Waals surface area (Å²) in [5.41, 5.74) is 6.29. The van der Waals surface area contributed by atoms with Crippen molar-refractivity contribution in [3.05, 3.63) is 58.5 Å². The Morgan fingerprint density at radius 1 is 1.17 bits per heavy atom. The zero-order valence-electron chi connectivity index (χ0n) is 17.1. The lowest BCUT2D eigenvalue weighted by Crippen LogP contribution is -2.29. The molecule has 1 N–H and O–H groups in total. The number of nitrogens with one attached hydrogen (secondary N) is 1. The lowest BCUT2D eigenvalue weighted by atomic mass is 9.94. The minimum Gasteiger partial charge on any atom is -0.481 e. The molecule has 0 bridgehead atoms. The van der Waals surface area contributed by atoms with Crippen LogP contribution in [0.25, 0.3) is 22.6 Å². The van der Waals surface area contributed by atoms with Crippen molar-refractivity contribution in [1.29, 1.82) is 0 Å². The minimum atomic E-state index is -1.47. The van der Waals surface area contributed by atoms with Gasteiger partial charge in [0.2, 0.25) is 0 Å². The molecule has 0 unspecified atom stereocenters. The summed E-state index contributed by atoms with van der Waals surface area (Å²) in [7, 11) is -1.47. The number of imidazole rings is 1. The van der Waals surface area contributed by atoms with Crippen molar-refractivity contribution in [2.24, 2.45) is 0 Å². The first kappa shape index (κ1) is 19.7. The van der Waals surface area contributed by atoms with Gasteiger partial charge in [0.1, 0.15) is 31.1 Å². The van der Waals surface area contributed by atoms with Gasteiger partial charge in [-0.1, -0.05) is 43.2 Å². The molecule has 4 rings (SSSR count). The smallest absolute Gasteiger partial charge is 0.145 e. The Labute approximate surface area is 176 Å². The monoisotopic (exact) mass is 424 g/mol. The lowest BCUT2D eigenvalue weighted by molar-refractivity contribution is 0.101. The van der Waals surface area contributed by atoms with E-state index in [0.717, 1.165) is 28.3 Å². The zero-order valence-corrected chi connectivity index (χ0v) is 18.8. The number of aromatic amines is 1. The SMILES string of the molecule is CC1(C)Oc2cc(C#C[Si](C)(C)C)ccc2-c2nc(-c3c(F)cccc3Cl)[nH]c21. The Kier molecular flexibility index (Phi) is 4.60. The summed E-state index contributed by atoms with van der Waals surface area (Å²) in [5, 5.41) is 0.312. The third-order valence-corrected chi connectivity index (χ3v) is 5.88. The minimum absolute atomic E-state index is 0.263. The van der Waals surface area contributed by atoms with E-state index in [1.54, 1.807) is 12.1 Å². The Hall–Kier alpha value is -2.55. The van der Waals surface area contributed by atoms with Crippen LogP contribution >= 0.6 is 11.6 Å². The number of aromatic nitrogens is 2. The second-order valence-corrected chi connectivity index (χ2v) is 13.9. The predicted octanol–water partition coefficient (Wildman–Crippen LogP) is 6.39. The first-order valence-electron chi connectivity index (χ1n) is 9.47. The standard InChI is InChI=1S/C23H22ClFN2OSi/c1-23(2)21-20(26-22(27-21)19-16(24)7-6-8-17(19)25)15-10-9-14(13-18(15)28-23)11-12-29(3,4)5/h6-10,13H,1-5H3,(H,26,27). The average Bonchev–Trinajstić information content (AvgIpc) is 3.05. The molecule has 0 saturated heterocycles. The zero-order chi connectivity index (χ0) is 21.0. The van der Waals surface area contributed by atoms with E-state index in [0.29, 0.717) is 10.8 Å². The highest BCUT2D eigenvalue weighted by Crippen LogP contribution is 2.45. The van der Waals surface area contributed by atoms with E-state index < -0.39 is 19.5 Å². The fourth-order valence-electron chi connectivity index (χ4n) is 3.31. The Balaban J connectivity index is 1.85. The molecule has 0 saturated carbocycles. The molecule has 1 aliphatic heterocycles. The predicted molar refractivity (Wildman–Crippen MR) is 118 cm³/mol. The van der Waals surface area contributed by atoms with Gasteiger partial charge in [0.25, 0.3) is 0 Å². The van der Waals surface area contributed by atoms with Crippen LogP contribution in [0, 0.1) is 17.3 Å². The Morgan fingerprint density at radius 3 is 2.62 bits per heavy atom. The number of fused-ring (bicyclic) bond motifs is 3. The van der Waals surface area contributed by atoms with Crippen LogP contribution in [-0.2, 0) is 5.60 Å². The first-order chi connectivity index (χ1) is 13.5. The van der Waals surface area contributed by atoms with Crippen LogP contribution in [0.15, 0.2) is 36.4 Å². The molecule has 148 valence electrons. The van der Waals surface area contributed by atoms with Gasteiger partial charge in [0.15, 0.2) is 0 Å². The molecule has 0 radical (unpaired) electrons. The maximum atomic E-state index is 14.4. The molecule has 0 spiro atoms. The molecule has 0 aliphatic carbocycles. The van der Waals surface area contributed by atoms with Crippen molar-refractivity contribution in [1.82, 2.24) is 9.97 Å². The fourth-order valence-corrected chi connectivity index (χ4v) is 4.08. The third-order valence-electron chi connectivity index (χ3n) is 4.69. The van der Waals surface area contributed by atoms with E-state index in [2.05, 4.69) is 36.1 Å². The molecule has 0 atom stereocenters. The molecule has 1 aliphatic rings. The molecule has 3 aromatic rings. The van der Waals surface area contributed by atoms with E-state index in [1.165, 1.54) is 6.07 Å². The normalized spacial score (nSPS) is 14.3. The quantitative estimate of drug-likeness (QED) is 0.363. The summed E-state index contributed by atoms with van der Waals surface area (Å²) in [6, 6.07) is 10.5. The summed E-state index contributed by atoms with van der Waals surface area (Å²) >= 11 is 6.25. The molecule has 6 heteroatoms. The van der Waals surface area contributed by atoms with Crippen molar-refractivity contribution in [2.45, 2.75) is 39.1 Å². The summed E-state index contributed by atoms with van der Waals surface area (Å²) in [6.45, 7) is 10.6. The molecule has 3 nitrogen and oxygen atoms in total. The van der Waals surface area contributed by atoms with Crippen molar-refractivity contribution < 1.29 is 9.13 Å². The number of hydrogen-bond donors (Lipinski definition) is 1. The largest absolute Gasteiger partial charge is 0.481 e. The number of hydrogen-bond acceptors (Lipinski definition) is 2.